The van der Waals surface area contributed by atoms with Crippen LogP contribution in [-0.2, 0) is 0 Å². The van der Waals surface area contributed by atoms with E-state index in [1.807, 2.05) is 0 Å². The highest BCUT2D eigenvalue weighted by molar-refractivity contribution is 7.67. The Balaban J connectivity index is 1.57. The summed E-state index contributed by atoms with van der Waals surface area (Å²) in [6.45, 7) is 4.37. The highest BCUT2D eigenvalue weighted by Crippen LogP contribution is 2.57. The first kappa shape index (κ1) is 26.5. The van der Waals surface area contributed by atoms with E-state index in [0.29, 0.717) is 0 Å². The Hall–Kier alpha value is -2.69. The van der Waals surface area contributed by atoms with Crippen LogP contribution in [-0.4, -0.2) is 11.3 Å². The molecule has 0 amide bonds. The highest BCUT2D eigenvalue weighted by atomic mass is 31.1. The van der Waals surface area contributed by atoms with Gasteiger partial charge >= 0.3 is 0 Å². The fraction of sp³-hybridized carbons (Fsp3) is 0.368. The van der Waals surface area contributed by atoms with E-state index in [0.717, 1.165) is 11.3 Å². The van der Waals surface area contributed by atoms with Crippen LogP contribution < -0.4 is 5.30 Å². The zero-order chi connectivity index (χ0) is 26.6. The minimum atomic E-state index is -0.209. The van der Waals surface area contributed by atoms with Crippen molar-refractivity contribution in [1.82, 2.24) is 0 Å². The topological polar surface area (TPSA) is 0 Å². The number of aryl methyl sites for hydroxylation is 2. The highest BCUT2D eigenvalue weighted by Gasteiger charge is 2.34. The van der Waals surface area contributed by atoms with Crippen LogP contribution in [0.15, 0.2) is 91.0 Å². The minimum Gasteiger partial charge on any atom is -0.0683 e. The van der Waals surface area contributed by atoms with Crippen LogP contribution in [0.4, 0.5) is 0 Å². The quantitative estimate of drug-likeness (QED) is 0.217. The van der Waals surface area contributed by atoms with Gasteiger partial charge in [0, 0.05) is 0 Å². The monoisotopic (exact) mass is 530 g/mol. The second-order valence-corrected chi connectivity index (χ2v) is 14.7. The first-order valence-corrected chi connectivity index (χ1v) is 16.8. The molecule has 4 aromatic carbocycles. The van der Waals surface area contributed by atoms with Gasteiger partial charge in [-0.1, -0.05) is 149 Å². The second kappa shape index (κ2) is 12.2. The van der Waals surface area contributed by atoms with E-state index in [1.165, 1.54) is 109 Å². The Labute approximate surface area is 237 Å². The summed E-state index contributed by atoms with van der Waals surface area (Å²) in [5, 5.41) is 1.68. The van der Waals surface area contributed by atoms with Crippen molar-refractivity contribution in [3.05, 3.63) is 102 Å². The van der Waals surface area contributed by atoms with Gasteiger partial charge in [-0.15, -0.1) is 0 Å². The molecule has 0 nitrogen and oxygen atoms in total. The molecule has 0 heterocycles. The van der Waals surface area contributed by atoms with E-state index in [-0.39, 0.29) is 7.92 Å². The van der Waals surface area contributed by atoms with E-state index in [4.69, 9.17) is 0 Å². The van der Waals surface area contributed by atoms with Crippen LogP contribution in [0.2, 0.25) is 0 Å². The van der Waals surface area contributed by atoms with E-state index in [2.05, 4.69) is 105 Å². The maximum absolute atomic E-state index is 2.54. The van der Waals surface area contributed by atoms with E-state index in [1.54, 1.807) is 5.30 Å². The van der Waals surface area contributed by atoms with Crippen molar-refractivity contribution in [1.29, 1.82) is 0 Å². The Morgan fingerprint density at radius 2 is 0.897 bits per heavy atom. The number of hydrogen-bond donors (Lipinski definition) is 0. The first-order chi connectivity index (χ1) is 19.2. The van der Waals surface area contributed by atoms with Crippen molar-refractivity contribution in [2.24, 2.45) is 0 Å². The van der Waals surface area contributed by atoms with Gasteiger partial charge in [0.15, 0.2) is 0 Å². The predicted molar refractivity (Wildman–Crippen MR) is 173 cm³/mol. The van der Waals surface area contributed by atoms with Crippen LogP contribution >= 0.6 is 7.92 Å². The molecule has 6 rings (SSSR count). The lowest BCUT2D eigenvalue weighted by Crippen LogP contribution is -2.27. The Kier molecular flexibility index (Phi) is 8.32. The average molecular weight is 531 g/mol. The summed E-state index contributed by atoms with van der Waals surface area (Å²) in [5.74, 6) is 0. The van der Waals surface area contributed by atoms with E-state index in [9.17, 15) is 0 Å². The molecule has 0 spiro atoms. The van der Waals surface area contributed by atoms with Crippen LogP contribution in [0.25, 0.3) is 33.4 Å². The molecule has 2 saturated carbocycles. The molecule has 2 aliphatic rings. The van der Waals surface area contributed by atoms with Gasteiger partial charge in [-0.05, 0) is 89.5 Å². The summed E-state index contributed by atoms with van der Waals surface area (Å²) in [7, 11) is -0.209. The smallest absolute Gasteiger partial charge is 0.00204 e. The molecular weight excluding hydrogens is 487 g/mol. The second-order valence-electron chi connectivity index (χ2n) is 12.0. The van der Waals surface area contributed by atoms with Gasteiger partial charge in [0.25, 0.3) is 0 Å². The average Bonchev–Trinajstić information content (AvgIpc) is 2.99. The summed E-state index contributed by atoms with van der Waals surface area (Å²) >= 11 is 0. The third kappa shape index (κ3) is 5.78. The molecule has 0 aliphatic heterocycles. The molecule has 4 aromatic rings. The largest absolute Gasteiger partial charge is 0.0683 e. The van der Waals surface area contributed by atoms with E-state index >= 15 is 0 Å². The molecule has 39 heavy (non-hydrogen) atoms. The normalized spacial score (nSPS) is 17.0. The minimum absolute atomic E-state index is 0.209. The van der Waals surface area contributed by atoms with Gasteiger partial charge in [0.2, 0.25) is 0 Å². The molecular formula is C38H43P. The van der Waals surface area contributed by atoms with Gasteiger partial charge in [0.05, 0.1) is 0 Å². The van der Waals surface area contributed by atoms with Gasteiger partial charge in [0.1, 0.15) is 0 Å². The zero-order valence-corrected chi connectivity index (χ0v) is 24.7. The molecule has 0 bridgehead atoms. The Bertz CT molecular complexity index is 1290. The molecule has 0 aromatic heterocycles. The lowest BCUT2D eigenvalue weighted by Gasteiger charge is -2.40. The molecule has 1 heteroatoms. The third-order valence-electron chi connectivity index (χ3n) is 9.18. The molecule has 0 atom stereocenters. The number of hydrogen-bond acceptors (Lipinski definition) is 0. The summed E-state index contributed by atoms with van der Waals surface area (Å²) in [6.07, 6.45) is 14.3. The molecule has 200 valence electrons. The lowest BCUT2D eigenvalue weighted by atomic mass is 9.87. The summed E-state index contributed by atoms with van der Waals surface area (Å²) in [4.78, 5) is 0. The summed E-state index contributed by atoms with van der Waals surface area (Å²) in [6, 6.07) is 34.9. The number of rotatable bonds is 6. The Morgan fingerprint density at radius 3 is 1.38 bits per heavy atom. The predicted octanol–water partition coefficient (Wildman–Crippen LogP) is 11.1. The van der Waals surface area contributed by atoms with Gasteiger partial charge in [-0.25, -0.2) is 0 Å². The van der Waals surface area contributed by atoms with Crippen molar-refractivity contribution < 1.29 is 0 Å². The molecule has 0 radical (unpaired) electrons. The van der Waals surface area contributed by atoms with Crippen LogP contribution in [0.1, 0.15) is 75.3 Å². The van der Waals surface area contributed by atoms with E-state index < -0.39 is 0 Å². The molecule has 0 saturated heterocycles. The zero-order valence-electron chi connectivity index (χ0n) is 23.8. The first-order valence-electron chi connectivity index (χ1n) is 15.3. The summed E-state index contributed by atoms with van der Waals surface area (Å²) in [5.41, 5.74) is 12.7. The van der Waals surface area contributed by atoms with Crippen LogP contribution in [0.5, 0.6) is 0 Å². The van der Waals surface area contributed by atoms with Crippen LogP contribution in [0, 0.1) is 13.8 Å². The fourth-order valence-electron chi connectivity index (χ4n) is 7.11. The summed E-state index contributed by atoms with van der Waals surface area (Å²) < 4.78 is 0. The standard InChI is InChI=1S/C38H43P/c1-28-20-24-30(25-21-28)34-17-11-18-35(31-26-22-29(2)23-27-31)38(34)36-16-9-10-19-37(36)39(32-12-5-3-6-13-32)33-14-7-4-8-15-33/h9-11,16-27,32-33H,3-8,12-15H2,1-2H3. The molecule has 2 aliphatic carbocycles. The fourth-order valence-corrected chi connectivity index (χ4v) is 11.1. The molecule has 2 fully saturated rings. The van der Waals surface area contributed by atoms with Gasteiger partial charge in [-0.2, -0.15) is 0 Å². The van der Waals surface area contributed by atoms with Crippen molar-refractivity contribution in [3.8, 4) is 33.4 Å². The Morgan fingerprint density at radius 1 is 0.462 bits per heavy atom. The van der Waals surface area contributed by atoms with Crippen LogP contribution in [0.3, 0.4) is 0 Å². The SMILES string of the molecule is Cc1ccc(-c2cccc(-c3ccc(C)cc3)c2-c2ccccc2P(C2CCCCC2)C2CCCCC2)cc1. The molecule has 0 unspecified atom stereocenters. The maximum atomic E-state index is 2.54. The van der Waals surface area contributed by atoms with Gasteiger partial charge in [-0.3, -0.25) is 0 Å². The van der Waals surface area contributed by atoms with Crippen molar-refractivity contribution in [2.75, 3.05) is 0 Å². The van der Waals surface area contributed by atoms with Gasteiger partial charge < -0.3 is 0 Å². The van der Waals surface area contributed by atoms with Crippen molar-refractivity contribution in [2.45, 2.75) is 89.4 Å². The van der Waals surface area contributed by atoms with Crippen molar-refractivity contribution >= 4 is 13.2 Å². The molecule has 0 N–H and O–H groups in total. The lowest BCUT2D eigenvalue weighted by molar-refractivity contribution is 0.487. The van der Waals surface area contributed by atoms with Crippen molar-refractivity contribution in [3.63, 3.8) is 0 Å². The maximum Gasteiger partial charge on any atom is -0.00204 e. The number of benzene rings is 4. The third-order valence-corrected chi connectivity index (χ3v) is 12.7.